The van der Waals surface area contributed by atoms with Crippen LogP contribution in [0, 0.1) is 10.1 Å². The van der Waals surface area contributed by atoms with E-state index in [0.29, 0.717) is 5.56 Å². The Morgan fingerprint density at radius 3 is 2.07 bits per heavy atom. The summed E-state index contributed by atoms with van der Waals surface area (Å²) >= 11 is 0. The molecule has 0 bridgehead atoms. The molecule has 6 aromatic rings. The Labute approximate surface area is 159 Å². The van der Waals surface area contributed by atoms with E-state index >= 15 is 0 Å². The standard InChI is InChI=1S/C24H14N2O2/c27-26(28)22-10-2-1-5-15(22)14-11-12-16-17-6-3-8-20-23(17)24-18(19(16)13-14)7-4-9-21(24)25-20/h1-13,25H. The van der Waals surface area contributed by atoms with Crippen molar-refractivity contribution in [2.45, 2.75) is 0 Å². The number of fused-ring (bicyclic) bond motifs is 3. The summed E-state index contributed by atoms with van der Waals surface area (Å²) in [4.78, 5) is 14.7. The van der Waals surface area contributed by atoms with Crippen molar-refractivity contribution in [2.75, 3.05) is 0 Å². The van der Waals surface area contributed by atoms with Crippen molar-refractivity contribution >= 4 is 49.0 Å². The lowest BCUT2D eigenvalue weighted by molar-refractivity contribution is -0.384. The lowest BCUT2D eigenvalue weighted by Crippen LogP contribution is -1.91. The normalized spacial score (nSPS) is 11.9. The largest absolute Gasteiger partial charge is 0.354 e. The van der Waals surface area contributed by atoms with Crippen LogP contribution in [0.4, 0.5) is 5.69 Å². The zero-order valence-electron chi connectivity index (χ0n) is 14.8. The Balaban J connectivity index is 1.79. The number of hydrogen-bond donors (Lipinski definition) is 1. The fraction of sp³-hybridized carbons (Fsp3) is 0. The first kappa shape index (κ1) is 15.2. The van der Waals surface area contributed by atoms with Crippen LogP contribution in [0.1, 0.15) is 0 Å². The molecule has 0 fully saturated rings. The van der Waals surface area contributed by atoms with Gasteiger partial charge in [-0.15, -0.1) is 0 Å². The molecule has 0 radical (unpaired) electrons. The molecule has 1 aromatic heterocycles. The Bertz CT molecular complexity index is 1550. The second-order valence-electron chi connectivity index (χ2n) is 7.12. The van der Waals surface area contributed by atoms with Gasteiger partial charge in [0.1, 0.15) is 0 Å². The molecule has 28 heavy (non-hydrogen) atoms. The minimum absolute atomic E-state index is 0.126. The molecular formula is C24H14N2O2. The number of rotatable bonds is 2. The number of aromatic nitrogens is 1. The molecule has 0 atom stereocenters. The summed E-state index contributed by atoms with van der Waals surface area (Å²) in [5, 5.41) is 18.6. The molecule has 1 heterocycles. The zero-order valence-corrected chi connectivity index (χ0v) is 14.8. The van der Waals surface area contributed by atoms with Crippen LogP contribution >= 0.6 is 0 Å². The monoisotopic (exact) mass is 362 g/mol. The van der Waals surface area contributed by atoms with E-state index in [2.05, 4.69) is 53.5 Å². The van der Waals surface area contributed by atoms with Gasteiger partial charge >= 0.3 is 0 Å². The van der Waals surface area contributed by atoms with Gasteiger partial charge in [-0.2, -0.15) is 0 Å². The van der Waals surface area contributed by atoms with E-state index in [9.17, 15) is 10.1 Å². The first-order valence-electron chi connectivity index (χ1n) is 9.14. The SMILES string of the molecule is O=[N+]([O-])c1ccccc1-c1ccc2c(c1)c1cccc3[nH]c4cccc2c4c31. The maximum Gasteiger partial charge on any atom is 0.277 e. The van der Waals surface area contributed by atoms with E-state index in [1.807, 2.05) is 18.2 Å². The topological polar surface area (TPSA) is 58.9 Å². The molecular weight excluding hydrogens is 348 g/mol. The quantitative estimate of drug-likeness (QED) is 0.213. The van der Waals surface area contributed by atoms with Gasteiger partial charge in [-0.3, -0.25) is 10.1 Å². The lowest BCUT2D eigenvalue weighted by atomic mass is 9.92. The number of aromatic amines is 1. The number of nitrogens with one attached hydrogen (secondary N) is 1. The molecule has 6 rings (SSSR count). The number of H-pyrrole nitrogens is 1. The molecule has 132 valence electrons. The minimum atomic E-state index is -0.319. The minimum Gasteiger partial charge on any atom is -0.354 e. The molecule has 0 aliphatic rings. The fourth-order valence-electron chi connectivity index (χ4n) is 4.49. The molecule has 0 amide bonds. The third kappa shape index (κ3) is 1.89. The number of nitro benzene ring substituents is 1. The molecule has 0 aliphatic carbocycles. The van der Waals surface area contributed by atoms with Crippen molar-refractivity contribution in [2.24, 2.45) is 0 Å². The van der Waals surface area contributed by atoms with E-state index in [0.717, 1.165) is 32.8 Å². The molecule has 0 spiro atoms. The predicted molar refractivity (Wildman–Crippen MR) is 114 cm³/mol. The van der Waals surface area contributed by atoms with Crippen molar-refractivity contribution in [1.82, 2.24) is 4.98 Å². The predicted octanol–water partition coefficient (Wildman–Crippen LogP) is 6.64. The summed E-state index contributed by atoms with van der Waals surface area (Å²) in [7, 11) is 0. The number of nitrogens with zero attached hydrogens (tertiary/aromatic N) is 1. The average molecular weight is 362 g/mol. The zero-order chi connectivity index (χ0) is 18.8. The summed E-state index contributed by atoms with van der Waals surface area (Å²) in [6.07, 6.45) is 0. The number of para-hydroxylation sites is 1. The number of nitro groups is 1. The van der Waals surface area contributed by atoms with E-state index in [1.165, 1.54) is 16.2 Å². The first-order chi connectivity index (χ1) is 13.7. The maximum absolute atomic E-state index is 11.5. The summed E-state index contributed by atoms with van der Waals surface area (Å²) in [5.74, 6) is 0. The van der Waals surface area contributed by atoms with Crippen LogP contribution in [-0.4, -0.2) is 9.91 Å². The van der Waals surface area contributed by atoms with Crippen LogP contribution in [0.2, 0.25) is 0 Å². The Morgan fingerprint density at radius 2 is 1.36 bits per heavy atom. The van der Waals surface area contributed by atoms with Crippen molar-refractivity contribution in [3.63, 3.8) is 0 Å². The molecule has 4 heteroatoms. The smallest absolute Gasteiger partial charge is 0.277 e. The van der Waals surface area contributed by atoms with Gasteiger partial charge in [0.15, 0.2) is 0 Å². The molecule has 0 saturated heterocycles. The van der Waals surface area contributed by atoms with Gasteiger partial charge in [0.25, 0.3) is 5.69 Å². The van der Waals surface area contributed by atoms with E-state index in [-0.39, 0.29) is 10.6 Å². The highest BCUT2D eigenvalue weighted by Crippen LogP contribution is 2.42. The highest BCUT2D eigenvalue weighted by molar-refractivity contribution is 6.33. The van der Waals surface area contributed by atoms with Crippen LogP contribution in [0.15, 0.2) is 78.9 Å². The third-order valence-electron chi connectivity index (χ3n) is 5.66. The summed E-state index contributed by atoms with van der Waals surface area (Å²) in [5.41, 5.74) is 3.87. The second kappa shape index (κ2) is 5.30. The van der Waals surface area contributed by atoms with Gasteiger partial charge in [-0.1, -0.05) is 48.5 Å². The first-order valence-corrected chi connectivity index (χ1v) is 9.14. The van der Waals surface area contributed by atoms with Gasteiger partial charge in [0, 0.05) is 27.9 Å². The van der Waals surface area contributed by atoms with Crippen LogP contribution in [0.5, 0.6) is 0 Å². The summed E-state index contributed by atoms with van der Waals surface area (Å²) < 4.78 is 0. The van der Waals surface area contributed by atoms with E-state index in [1.54, 1.807) is 12.1 Å². The van der Waals surface area contributed by atoms with Crippen molar-refractivity contribution in [3.8, 4) is 11.1 Å². The number of hydrogen-bond acceptors (Lipinski definition) is 2. The van der Waals surface area contributed by atoms with Crippen LogP contribution in [-0.2, 0) is 0 Å². The van der Waals surface area contributed by atoms with Gasteiger partial charge < -0.3 is 4.98 Å². The van der Waals surface area contributed by atoms with Crippen LogP contribution in [0.3, 0.4) is 0 Å². The molecule has 5 aromatic carbocycles. The maximum atomic E-state index is 11.5. The summed E-state index contributed by atoms with van der Waals surface area (Å²) in [6, 6.07) is 25.7. The van der Waals surface area contributed by atoms with Crippen molar-refractivity contribution in [1.29, 1.82) is 0 Å². The van der Waals surface area contributed by atoms with Gasteiger partial charge in [-0.05, 0) is 51.4 Å². The lowest BCUT2D eigenvalue weighted by Gasteiger charge is -2.11. The Hall–Kier alpha value is -3.92. The molecule has 1 N–H and O–H groups in total. The van der Waals surface area contributed by atoms with E-state index < -0.39 is 0 Å². The fourth-order valence-corrected chi connectivity index (χ4v) is 4.49. The summed E-state index contributed by atoms with van der Waals surface area (Å²) in [6.45, 7) is 0. The molecule has 0 aliphatic heterocycles. The van der Waals surface area contributed by atoms with E-state index in [4.69, 9.17) is 0 Å². The van der Waals surface area contributed by atoms with Crippen LogP contribution in [0.25, 0.3) is 54.5 Å². The number of benzene rings is 5. The van der Waals surface area contributed by atoms with Gasteiger partial charge in [-0.25, -0.2) is 0 Å². The van der Waals surface area contributed by atoms with Crippen molar-refractivity contribution in [3.05, 3.63) is 89.0 Å². The highest BCUT2D eigenvalue weighted by atomic mass is 16.6. The molecule has 0 unspecified atom stereocenters. The average Bonchev–Trinajstić information content (AvgIpc) is 3.12. The Morgan fingerprint density at radius 1 is 0.679 bits per heavy atom. The third-order valence-corrected chi connectivity index (χ3v) is 5.66. The molecule has 4 nitrogen and oxygen atoms in total. The second-order valence-corrected chi connectivity index (χ2v) is 7.12. The van der Waals surface area contributed by atoms with Crippen LogP contribution < -0.4 is 0 Å². The molecule has 0 saturated carbocycles. The van der Waals surface area contributed by atoms with Crippen molar-refractivity contribution < 1.29 is 4.92 Å². The Kier molecular flexibility index (Phi) is 2.87. The van der Waals surface area contributed by atoms with Gasteiger partial charge in [0.2, 0.25) is 0 Å². The van der Waals surface area contributed by atoms with Gasteiger partial charge in [0.05, 0.1) is 10.5 Å². The highest BCUT2D eigenvalue weighted by Gasteiger charge is 2.18.